The Kier molecular flexibility index (Phi) is 6.49. The van der Waals surface area contributed by atoms with Gasteiger partial charge in [-0.15, -0.1) is 15.3 Å². The highest BCUT2D eigenvalue weighted by atomic mass is 79.9. The smallest absolute Gasteiger partial charge is 0.239 e. The Hall–Kier alpha value is -1.65. The van der Waals surface area contributed by atoms with E-state index in [2.05, 4.69) is 41.6 Å². The molecular formula is C16H17BrN6OS2. The Morgan fingerprint density at radius 3 is 2.73 bits per heavy atom. The van der Waals surface area contributed by atoms with Crippen LogP contribution in [-0.2, 0) is 11.8 Å². The maximum atomic E-state index is 12.5. The molecule has 2 heterocycles. The number of amidine groups is 1. The zero-order chi connectivity index (χ0) is 18.5. The van der Waals surface area contributed by atoms with Gasteiger partial charge in [-0.2, -0.15) is 5.10 Å². The van der Waals surface area contributed by atoms with Gasteiger partial charge in [-0.3, -0.25) is 4.79 Å². The van der Waals surface area contributed by atoms with Gasteiger partial charge in [0.1, 0.15) is 6.33 Å². The molecular weight excluding hydrogens is 436 g/mol. The summed E-state index contributed by atoms with van der Waals surface area (Å²) in [4.78, 5) is 12.5. The molecule has 0 saturated carbocycles. The molecule has 0 fully saturated rings. The van der Waals surface area contributed by atoms with Crippen molar-refractivity contribution in [2.24, 2.45) is 17.3 Å². The third-order valence-electron chi connectivity index (χ3n) is 3.60. The van der Waals surface area contributed by atoms with Crippen LogP contribution in [0.25, 0.3) is 0 Å². The highest BCUT2D eigenvalue weighted by molar-refractivity contribution is 9.10. The topological polar surface area (TPSA) is 84.5 Å². The molecule has 3 rings (SSSR count). The predicted octanol–water partition coefficient (Wildman–Crippen LogP) is 3.07. The number of carbonyl (C=O) groups is 1. The molecule has 0 spiro atoms. The lowest BCUT2D eigenvalue weighted by molar-refractivity contribution is -0.119. The molecule has 1 amide bonds. The van der Waals surface area contributed by atoms with Crippen molar-refractivity contribution in [1.82, 2.24) is 20.1 Å². The van der Waals surface area contributed by atoms with Crippen LogP contribution < -0.4 is 5.32 Å². The van der Waals surface area contributed by atoms with Gasteiger partial charge in [0.2, 0.25) is 5.91 Å². The summed E-state index contributed by atoms with van der Waals surface area (Å²) in [5.74, 6) is 0.558. The number of nitrogens with zero attached hydrogens (tertiary/aromatic N) is 5. The Morgan fingerprint density at radius 1 is 1.38 bits per heavy atom. The molecule has 2 aromatic rings. The number of nitrogens with one attached hydrogen (secondary N) is 1. The lowest BCUT2D eigenvalue weighted by Gasteiger charge is -2.16. The second-order valence-electron chi connectivity index (χ2n) is 5.48. The minimum absolute atomic E-state index is 0.103. The number of halogens is 1. The van der Waals surface area contributed by atoms with Crippen molar-refractivity contribution < 1.29 is 4.79 Å². The van der Waals surface area contributed by atoms with E-state index in [0.717, 1.165) is 15.7 Å². The first-order valence-electron chi connectivity index (χ1n) is 7.91. The number of amides is 1. The second-order valence-corrected chi connectivity index (χ2v) is 8.53. The Bertz CT molecular complexity index is 849. The highest BCUT2D eigenvalue weighted by Gasteiger charge is 2.23. The van der Waals surface area contributed by atoms with Gasteiger partial charge in [-0.1, -0.05) is 58.5 Å². The average molecular weight is 453 g/mol. The van der Waals surface area contributed by atoms with Crippen molar-refractivity contribution in [2.45, 2.75) is 23.8 Å². The van der Waals surface area contributed by atoms with E-state index in [0.29, 0.717) is 22.5 Å². The number of hydrogen-bond acceptors (Lipinski definition) is 7. The van der Waals surface area contributed by atoms with E-state index in [9.17, 15) is 4.79 Å². The van der Waals surface area contributed by atoms with E-state index in [4.69, 9.17) is 0 Å². The molecule has 0 bridgehead atoms. The van der Waals surface area contributed by atoms with Gasteiger partial charge in [0.05, 0.1) is 11.0 Å². The van der Waals surface area contributed by atoms with Crippen LogP contribution in [0.5, 0.6) is 0 Å². The molecule has 1 aromatic heterocycles. The molecule has 0 saturated heterocycles. The van der Waals surface area contributed by atoms with Crippen molar-refractivity contribution in [2.75, 3.05) is 5.75 Å². The molecule has 1 aromatic carbocycles. The van der Waals surface area contributed by atoms with Gasteiger partial charge in [-0.05, 0) is 24.1 Å². The van der Waals surface area contributed by atoms with Gasteiger partial charge in [0.15, 0.2) is 10.3 Å². The van der Waals surface area contributed by atoms with Crippen LogP contribution in [-0.4, -0.2) is 42.6 Å². The van der Waals surface area contributed by atoms with Gasteiger partial charge in [0, 0.05) is 17.3 Å². The summed E-state index contributed by atoms with van der Waals surface area (Å²) in [5, 5.41) is 20.1. The van der Waals surface area contributed by atoms with Crippen LogP contribution in [0.2, 0.25) is 0 Å². The van der Waals surface area contributed by atoms with Crippen LogP contribution in [0, 0.1) is 0 Å². The summed E-state index contributed by atoms with van der Waals surface area (Å²) in [6.45, 7) is 1.97. The Balaban J connectivity index is 1.63. The molecule has 1 aliphatic heterocycles. The van der Waals surface area contributed by atoms with Gasteiger partial charge < -0.3 is 9.88 Å². The largest absolute Gasteiger partial charge is 0.312 e. The number of benzene rings is 1. The molecule has 26 heavy (non-hydrogen) atoms. The van der Waals surface area contributed by atoms with Crippen molar-refractivity contribution in [3.63, 3.8) is 0 Å². The molecule has 1 aliphatic rings. The summed E-state index contributed by atoms with van der Waals surface area (Å²) in [6.07, 6.45) is 2.29. The molecule has 10 heteroatoms. The standard InChI is InChI=1S/C16H17BrN6OS2/c1-3-13(26-16-22-18-9-23(16)2)14(24)19-15-21-20-12(8-25-15)10-4-6-11(17)7-5-10/h4-7,9,13H,3,8H2,1-2H3,(H,19,21,24). The quantitative estimate of drug-likeness (QED) is 0.704. The lowest BCUT2D eigenvalue weighted by Crippen LogP contribution is -2.37. The maximum absolute atomic E-state index is 12.5. The molecule has 1 N–H and O–H groups in total. The normalized spacial score (nSPS) is 15.2. The zero-order valence-corrected chi connectivity index (χ0v) is 17.4. The summed E-state index contributed by atoms with van der Waals surface area (Å²) in [5.41, 5.74) is 1.92. The van der Waals surface area contributed by atoms with Gasteiger partial charge in [-0.25, -0.2) is 0 Å². The zero-order valence-electron chi connectivity index (χ0n) is 14.2. The van der Waals surface area contributed by atoms with Gasteiger partial charge >= 0.3 is 0 Å². The molecule has 7 nitrogen and oxygen atoms in total. The fraction of sp³-hybridized carbons (Fsp3) is 0.312. The van der Waals surface area contributed by atoms with Crippen LogP contribution in [0.4, 0.5) is 0 Å². The molecule has 1 unspecified atom stereocenters. The summed E-state index contributed by atoms with van der Waals surface area (Å²) < 4.78 is 2.82. The van der Waals surface area contributed by atoms with E-state index in [1.54, 1.807) is 10.9 Å². The van der Waals surface area contributed by atoms with Crippen LogP contribution >= 0.6 is 39.5 Å². The van der Waals surface area contributed by atoms with Crippen LogP contribution in [0.3, 0.4) is 0 Å². The van der Waals surface area contributed by atoms with Crippen molar-refractivity contribution in [3.8, 4) is 0 Å². The summed E-state index contributed by atoms with van der Waals surface area (Å²) in [6, 6.07) is 7.93. The lowest BCUT2D eigenvalue weighted by atomic mass is 10.1. The molecule has 136 valence electrons. The highest BCUT2D eigenvalue weighted by Crippen LogP contribution is 2.23. The van der Waals surface area contributed by atoms with E-state index in [1.165, 1.54) is 23.5 Å². The fourth-order valence-corrected chi connectivity index (χ4v) is 4.09. The average Bonchev–Trinajstić information content (AvgIpc) is 3.05. The van der Waals surface area contributed by atoms with Crippen LogP contribution in [0.1, 0.15) is 18.9 Å². The van der Waals surface area contributed by atoms with E-state index >= 15 is 0 Å². The fourth-order valence-electron chi connectivity index (χ4n) is 2.16. The first kappa shape index (κ1) is 19.1. The van der Waals surface area contributed by atoms with Crippen molar-refractivity contribution >= 4 is 56.2 Å². The van der Waals surface area contributed by atoms with E-state index < -0.39 is 0 Å². The van der Waals surface area contributed by atoms with E-state index in [-0.39, 0.29) is 11.2 Å². The number of aryl methyl sites for hydroxylation is 1. The minimum Gasteiger partial charge on any atom is -0.312 e. The van der Waals surface area contributed by atoms with Crippen molar-refractivity contribution in [3.05, 3.63) is 40.6 Å². The summed E-state index contributed by atoms with van der Waals surface area (Å²) in [7, 11) is 1.85. The predicted molar refractivity (Wildman–Crippen MR) is 110 cm³/mol. The Labute approximate surface area is 168 Å². The maximum Gasteiger partial charge on any atom is 0.239 e. The third kappa shape index (κ3) is 4.74. The minimum atomic E-state index is -0.266. The first-order valence-corrected chi connectivity index (χ1v) is 10.6. The number of thioether (sulfide) groups is 2. The summed E-state index contributed by atoms with van der Waals surface area (Å²) >= 11 is 6.28. The first-order chi connectivity index (χ1) is 12.6. The number of aromatic nitrogens is 3. The molecule has 0 radical (unpaired) electrons. The van der Waals surface area contributed by atoms with Crippen molar-refractivity contribution in [1.29, 1.82) is 0 Å². The third-order valence-corrected chi connectivity index (χ3v) is 6.41. The Morgan fingerprint density at radius 2 is 2.15 bits per heavy atom. The number of carbonyl (C=O) groups excluding carboxylic acids is 1. The van der Waals surface area contributed by atoms with E-state index in [1.807, 2.05) is 38.2 Å². The second kappa shape index (κ2) is 8.83. The molecule has 0 aliphatic carbocycles. The molecule has 1 atom stereocenters. The SMILES string of the molecule is CCC(Sc1nncn1C)C(=O)NC1=NN=C(c2ccc(Br)cc2)CS1. The van der Waals surface area contributed by atoms with Gasteiger partial charge in [0.25, 0.3) is 0 Å². The van der Waals surface area contributed by atoms with Crippen LogP contribution in [0.15, 0.2) is 50.4 Å². The monoisotopic (exact) mass is 452 g/mol. The number of hydrogen-bond donors (Lipinski definition) is 1. The number of rotatable bonds is 5.